The van der Waals surface area contributed by atoms with Crippen molar-refractivity contribution in [2.45, 2.75) is 37.3 Å². The number of benzene rings is 2. The second-order valence-corrected chi connectivity index (χ2v) is 7.77. The maximum absolute atomic E-state index is 12.9. The summed E-state index contributed by atoms with van der Waals surface area (Å²) in [5, 5.41) is 23.9. The number of hydrogen-bond donors (Lipinski definition) is 1. The summed E-state index contributed by atoms with van der Waals surface area (Å²) in [7, 11) is 0. The summed E-state index contributed by atoms with van der Waals surface area (Å²) in [6, 6.07) is 16.0. The van der Waals surface area contributed by atoms with Gasteiger partial charge in [0.25, 0.3) is 0 Å². The van der Waals surface area contributed by atoms with Crippen molar-refractivity contribution in [2.75, 3.05) is 6.61 Å². The highest BCUT2D eigenvalue weighted by molar-refractivity contribution is 5.78. The standard InChI is InChI=1S/C23H25NO6/c1-3-30-22(26)20-19(16-12-8-5-9-13-16)21(24(28)29)18(15-10-6-4-7-11-15)17(14-25)23(20,2)27/h4-14,17-21,27H,3H2,1-2H3/t17-,18-,19+,20-,21-,23-/m1/s1. The predicted octanol–water partition coefficient (Wildman–Crippen LogP) is 2.96. The number of hydrogen-bond acceptors (Lipinski definition) is 6. The highest BCUT2D eigenvalue weighted by atomic mass is 16.6. The number of aliphatic hydroxyl groups is 1. The van der Waals surface area contributed by atoms with Crippen molar-refractivity contribution >= 4 is 12.3 Å². The lowest BCUT2D eigenvalue weighted by Gasteiger charge is -2.49. The number of carbonyl (C=O) groups excluding carboxylic acids is 2. The molecule has 1 fully saturated rings. The lowest BCUT2D eigenvalue weighted by atomic mass is 9.55. The Labute approximate surface area is 174 Å². The second-order valence-electron chi connectivity index (χ2n) is 7.77. The summed E-state index contributed by atoms with van der Waals surface area (Å²) in [5.41, 5.74) is -0.732. The maximum Gasteiger partial charge on any atom is 0.312 e. The molecule has 0 heterocycles. The highest BCUT2D eigenvalue weighted by Crippen LogP contribution is 2.53. The average molecular weight is 411 g/mol. The molecule has 0 bridgehead atoms. The van der Waals surface area contributed by atoms with Gasteiger partial charge in [0, 0.05) is 4.92 Å². The molecule has 7 heteroatoms. The van der Waals surface area contributed by atoms with Crippen LogP contribution in [0.25, 0.3) is 0 Å². The molecule has 0 radical (unpaired) electrons. The Bertz CT molecular complexity index is 898. The molecule has 1 aliphatic carbocycles. The molecule has 0 amide bonds. The van der Waals surface area contributed by atoms with Gasteiger partial charge in [-0.1, -0.05) is 60.7 Å². The van der Waals surface area contributed by atoms with E-state index in [1.807, 2.05) is 0 Å². The van der Waals surface area contributed by atoms with Crippen LogP contribution in [-0.2, 0) is 14.3 Å². The molecule has 6 atom stereocenters. The zero-order valence-corrected chi connectivity index (χ0v) is 16.9. The van der Waals surface area contributed by atoms with Gasteiger partial charge in [0.15, 0.2) is 0 Å². The Hall–Kier alpha value is -3.06. The number of aldehydes is 1. The van der Waals surface area contributed by atoms with Crippen LogP contribution >= 0.6 is 0 Å². The first-order valence-electron chi connectivity index (χ1n) is 9.92. The molecule has 30 heavy (non-hydrogen) atoms. The topological polar surface area (TPSA) is 107 Å². The van der Waals surface area contributed by atoms with E-state index in [-0.39, 0.29) is 6.61 Å². The lowest BCUT2D eigenvalue weighted by molar-refractivity contribution is -0.539. The molecule has 0 spiro atoms. The van der Waals surface area contributed by atoms with Crippen LogP contribution in [0.2, 0.25) is 0 Å². The van der Waals surface area contributed by atoms with Gasteiger partial charge in [-0.2, -0.15) is 0 Å². The molecular formula is C23H25NO6. The van der Waals surface area contributed by atoms with E-state index in [4.69, 9.17) is 4.74 Å². The van der Waals surface area contributed by atoms with Gasteiger partial charge in [0.1, 0.15) is 6.29 Å². The third-order valence-corrected chi connectivity index (χ3v) is 6.09. The molecule has 2 aromatic rings. The van der Waals surface area contributed by atoms with E-state index in [0.29, 0.717) is 17.4 Å². The lowest BCUT2D eigenvalue weighted by Crippen LogP contribution is -2.61. The molecule has 1 aliphatic rings. The second kappa shape index (κ2) is 8.75. The number of ether oxygens (including phenoxy) is 1. The molecule has 7 nitrogen and oxygen atoms in total. The van der Waals surface area contributed by atoms with E-state index in [0.717, 1.165) is 0 Å². The van der Waals surface area contributed by atoms with Crippen molar-refractivity contribution in [1.29, 1.82) is 0 Å². The summed E-state index contributed by atoms with van der Waals surface area (Å²) in [5.74, 6) is -5.07. The highest BCUT2D eigenvalue weighted by Gasteiger charge is 2.64. The van der Waals surface area contributed by atoms with Crippen molar-refractivity contribution in [3.8, 4) is 0 Å². The molecule has 2 aromatic carbocycles. The van der Waals surface area contributed by atoms with Crippen LogP contribution < -0.4 is 0 Å². The number of nitrogens with zero attached hydrogens (tertiary/aromatic N) is 1. The van der Waals surface area contributed by atoms with Crippen LogP contribution in [-0.4, -0.2) is 40.5 Å². The Kier molecular flexibility index (Phi) is 6.31. The molecule has 1 saturated carbocycles. The summed E-state index contributed by atoms with van der Waals surface area (Å²) < 4.78 is 5.19. The fourth-order valence-corrected chi connectivity index (χ4v) is 4.81. The van der Waals surface area contributed by atoms with Crippen LogP contribution in [0.4, 0.5) is 0 Å². The molecule has 1 N–H and O–H groups in total. The van der Waals surface area contributed by atoms with Crippen molar-refractivity contribution < 1.29 is 24.4 Å². The summed E-state index contributed by atoms with van der Waals surface area (Å²) in [6.07, 6.45) is 0.529. The Morgan fingerprint density at radius 1 is 1.10 bits per heavy atom. The molecule has 0 unspecified atom stereocenters. The quantitative estimate of drug-likeness (QED) is 0.339. The van der Waals surface area contributed by atoms with E-state index in [9.17, 15) is 24.8 Å². The van der Waals surface area contributed by atoms with Gasteiger partial charge in [0.05, 0.1) is 35.9 Å². The minimum atomic E-state index is -1.85. The van der Waals surface area contributed by atoms with Crippen molar-refractivity contribution in [1.82, 2.24) is 0 Å². The summed E-state index contributed by atoms with van der Waals surface area (Å²) in [4.78, 5) is 37.1. The predicted molar refractivity (Wildman–Crippen MR) is 109 cm³/mol. The third kappa shape index (κ3) is 3.73. The van der Waals surface area contributed by atoms with Crippen LogP contribution in [0.15, 0.2) is 60.7 Å². The van der Waals surface area contributed by atoms with Gasteiger partial charge in [-0.05, 0) is 25.0 Å². The normalized spacial score (nSPS) is 31.0. The van der Waals surface area contributed by atoms with Crippen molar-refractivity contribution in [3.63, 3.8) is 0 Å². The van der Waals surface area contributed by atoms with Crippen LogP contribution in [0.1, 0.15) is 36.8 Å². The molecule has 0 aliphatic heterocycles. The maximum atomic E-state index is 12.9. The summed E-state index contributed by atoms with van der Waals surface area (Å²) >= 11 is 0. The van der Waals surface area contributed by atoms with Gasteiger partial charge < -0.3 is 14.6 Å². The molecule has 0 saturated heterocycles. The molecule has 3 rings (SSSR count). The minimum Gasteiger partial charge on any atom is -0.466 e. The Morgan fingerprint density at radius 2 is 1.60 bits per heavy atom. The monoisotopic (exact) mass is 411 g/mol. The molecule has 158 valence electrons. The first kappa shape index (κ1) is 21.6. The van der Waals surface area contributed by atoms with E-state index in [1.54, 1.807) is 67.6 Å². The fraction of sp³-hybridized carbons (Fsp3) is 0.391. The van der Waals surface area contributed by atoms with Crippen molar-refractivity contribution in [3.05, 3.63) is 81.9 Å². The fourth-order valence-electron chi connectivity index (χ4n) is 4.81. The number of esters is 1. The van der Waals surface area contributed by atoms with E-state index in [2.05, 4.69) is 0 Å². The number of nitro groups is 1. The minimum absolute atomic E-state index is 0.0594. The van der Waals surface area contributed by atoms with Gasteiger partial charge in [-0.3, -0.25) is 14.9 Å². The van der Waals surface area contributed by atoms with Crippen LogP contribution in [0, 0.1) is 22.0 Å². The molecule has 0 aromatic heterocycles. The van der Waals surface area contributed by atoms with Crippen molar-refractivity contribution in [2.24, 2.45) is 11.8 Å². The van der Waals surface area contributed by atoms with E-state index in [1.165, 1.54) is 6.92 Å². The van der Waals surface area contributed by atoms with Gasteiger partial charge in [0.2, 0.25) is 6.04 Å². The van der Waals surface area contributed by atoms with E-state index >= 15 is 0 Å². The SMILES string of the molecule is CCOC(=O)[C@H]1[C@H](c2ccccc2)[C@H]([N+](=O)[O-])[C@H](c2ccccc2)[C@@H](C=O)[C@@]1(C)O. The van der Waals surface area contributed by atoms with Crippen LogP contribution in [0.3, 0.4) is 0 Å². The Morgan fingerprint density at radius 3 is 2.03 bits per heavy atom. The first-order valence-corrected chi connectivity index (χ1v) is 9.92. The third-order valence-electron chi connectivity index (χ3n) is 6.09. The van der Waals surface area contributed by atoms with Crippen LogP contribution in [0.5, 0.6) is 0 Å². The average Bonchev–Trinajstić information content (AvgIpc) is 2.73. The van der Waals surface area contributed by atoms with Gasteiger partial charge >= 0.3 is 5.97 Å². The number of rotatable bonds is 6. The summed E-state index contributed by atoms with van der Waals surface area (Å²) in [6.45, 7) is 3.08. The van der Waals surface area contributed by atoms with Gasteiger partial charge in [-0.25, -0.2) is 0 Å². The van der Waals surface area contributed by atoms with E-state index < -0.39 is 46.2 Å². The zero-order chi connectivity index (χ0) is 21.9. The smallest absolute Gasteiger partial charge is 0.312 e. The molecular weight excluding hydrogens is 386 g/mol. The number of carbonyl (C=O) groups is 2. The zero-order valence-electron chi connectivity index (χ0n) is 16.9. The Balaban J connectivity index is 2.28. The van der Waals surface area contributed by atoms with Gasteiger partial charge in [-0.15, -0.1) is 0 Å². The largest absolute Gasteiger partial charge is 0.466 e. The first-order chi connectivity index (χ1) is 14.3.